The summed E-state index contributed by atoms with van der Waals surface area (Å²) in [5, 5.41) is 2.84. The maximum absolute atomic E-state index is 12.5. The Labute approximate surface area is 179 Å². The number of nitrogens with one attached hydrogen (secondary N) is 1. The zero-order valence-electron chi connectivity index (χ0n) is 17.3. The van der Waals surface area contributed by atoms with Crippen LogP contribution in [0.5, 0.6) is 0 Å². The molecular formula is C22H24N6O3. The first-order chi connectivity index (χ1) is 15.2. The molecule has 0 spiro atoms. The van der Waals surface area contributed by atoms with Gasteiger partial charge in [0, 0.05) is 32.0 Å². The summed E-state index contributed by atoms with van der Waals surface area (Å²) in [6, 6.07) is 9.75. The molecule has 0 atom stereocenters. The molecule has 5 heterocycles. The zero-order valence-corrected chi connectivity index (χ0v) is 17.3. The molecule has 1 amide bonds. The lowest BCUT2D eigenvalue weighted by Gasteiger charge is -2.25. The van der Waals surface area contributed by atoms with Gasteiger partial charge in [-0.15, -0.1) is 0 Å². The molecule has 1 aliphatic rings. The number of carbonyl (C=O) groups excluding carboxylic acids is 1. The summed E-state index contributed by atoms with van der Waals surface area (Å²) in [6.07, 6.45) is 5.29. The SMILES string of the molecule is Cc1ccc(CNC(=O)c2cn(-c3nc(CN4CCOCC4)c4ccccn34)cn2)o1. The number of aromatic nitrogens is 4. The third-order valence-corrected chi connectivity index (χ3v) is 5.35. The van der Waals surface area contributed by atoms with Crippen LogP contribution in [-0.2, 0) is 17.8 Å². The normalized spacial score (nSPS) is 14.9. The molecule has 31 heavy (non-hydrogen) atoms. The largest absolute Gasteiger partial charge is 0.465 e. The van der Waals surface area contributed by atoms with E-state index in [1.807, 2.05) is 41.8 Å². The molecule has 0 unspecified atom stereocenters. The van der Waals surface area contributed by atoms with E-state index in [4.69, 9.17) is 14.1 Å². The van der Waals surface area contributed by atoms with Crippen molar-refractivity contribution in [3.05, 3.63) is 72.0 Å². The van der Waals surface area contributed by atoms with Crippen LogP contribution in [0.1, 0.15) is 27.7 Å². The standard InChI is InChI=1S/C22H24N6O3/c1-16-5-6-17(31-16)12-23-21(29)19-14-27(15-24-19)22-25-18(13-26-8-10-30-11-9-26)20-4-2-3-7-28(20)22/h2-7,14-15H,8-13H2,1H3,(H,23,29). The monoisotopic (exact) mass is 420 g/mol. The van der Waals surface area contributed by atoms with Crippen LogP contribution in [0.25, 0.3) is 11.5 Å². The quantitative estimate of drug-likeness (QED) is 0.514. The number of aryl methyl sites for hydroxylation is 1. The highest BCUT2D eigenvalue weighted by molar-refractivity contribution is 5.92. The van der Waals surface area contributed by atoms with Crippen molar-refractivity contribution in [2.45, 2.75) is 20.0 Å². The smallest absolute Gasteiger partial charge is 0.271 e. The van der Waals surface area contributed by atoms with Crippen molar-refractivity contribution in [1.82, 2.24) is 29.2 Å². The molecule has 4 aromatic heterocycles. The number of imidazole rings is 2. The Kier molecular flexibility index (Phi) is 5.27. The molecule has 9 heteroatoms. The average Bonchev–Trinajstić information content (AvgIpc) is 3.52. The number of nitrogens with zero attached hydrogens (tertiary/aromatic N) is 5. The second-order valence-electron chi connectivity index (χ2n) is 7.56. The minimum absolute atomic E-state index is 0.262. The van der Waals surface area contributed by atoms with E-state index in [1.165, 1.54) is 0 Å². The number of amides is 1. The lowest BCUT2D eigenvalue weighted by molar-refractivity contribution is 0.0339. The van der Waals surface area contributed by atoms with Gasteiger partial charge < -0.3 is 14.5 Å². The number of carbonyl (C=O) groups is 1. The summed E-state index contributed by atoms with van der Waals surface area (Å²) in [7, 11) is 0. The summed E-state index contributed by atoms with van der Waals surface area (Å²) in [5.41, 5.74) is 2.35. The van der Waals surface area contributed by atoms with Crippen LogP contribution in [0.3, 0.4) is 0 Å². The van der Waals surface area contributed by atoms with E-state index >= 15 is 0 Å². The second kappa shape index (κ2) is 8.37. The maximum atomic E-state index is 12.5. The average molecular weight is 420 g/mol. The second-order valence-corrected chi connectivity index (χ2v) is 7.56. The maximum Gasteiger partial charge on any atom is 0.271 e. The molecule has 9 nitrogen and oxygen atoms in total. The Morgan fingerprint density at radius 3 is 2.87 bits per heavy atom. The first kappa shape index (κ1) is 19.5. The first-order valence-electron chi connectivity index (χ1n) is 10.3. The van der Waals surface area contributed by atoms with Crippen molar-refractivity contribution in [2.75, 3.05) is 26.3 Å². The van der Waals surface area contributed by atoms with Gasteiger partial charge in [0.05, 0.1) is 31.0 Å². The van der Waals surface area contributed by atoms with Gasteiger partial charge in [0.15, 0.2) is 0 Å². The topological polar surface area (TPSA) is 89.8 Å². The highest BCUT2D eigenvalue weighted by atomic mass is 16.5. The highest BCUT2D eigenvalue weighted by Crippen LogP contribution is 2.19. The fraction of sp³-hybridized carbons (Fsp3) is 0.318. The van der Waals surface area contributed by atoms with Crippen LogP contribution in [-0.4, -0.2) is 56.0 Å². The number of rotatable bonds is 6. The lowest BCUT2D eigenvalue weighted by Crippen LogP contribution is -2.35. The van der Waals surface area contributed by atoms with Gasteiger partial charge in [-0.1, -0.05) is 6.07 Å². The Morgan fingerprint density at radius 2 is 2.06 bits per heavy atom. The molecule has 0 aliphatic carbocycles. The van der Waals surface area contributed by atoms with E-state index in [0.29, 0.717) is 23.9 Å². The van der Waals surface area contributed by atoms with Gasteiger partial charge in [-0.05, 0) is 31.2 Å². The minimum Gasteiger partial charge on any atom is -0.465 e. The van der Waals surface area contributed by atoms with Crippen LogP contribution < -0.4 is 5.32 Å². The van der Waals surface area contributed by atoms with E-state index in [2.05, 4.69) is 21.3 Å². The third kappa shape index (κ3) is 4.10. The highest BCUT2D eigenvalue weighted by Gasteiger charge is 2.18. The first-order valence-corrected chi connectivity index (χ1v) is 10.3. The van der Waals surface area contributed by atoms with E-state index in [9.17, 15) is 4.79 Å². The summed E-state index contributed by atoms with van der Waals surface area (Å²) < 4.78 is 14.7. The number of hydrogen-bond donors (Lipinski definition) is 1. The number of fused-ring (bicyclic) bond motifs is 1. The van der Waals surface area contributed by atoms with Gasteiger partial charge in [-0.3, -0.25) is 18.7 Å². The molecule has 160 valence electrons. The van der Waals surface area contributed by atoms with Crippen molar-refractivity contribution in [3.63, 3.8) is 0 Å². The van der Waals surface area contributed by atoms with Crippen molar-refractivity contribution in [1.29, 1.82) is 0 Å². The third-order valence-electron chi connectivity index (χ3n) is 5.35. The molecule has 1 fully saturated rings. The van der Waals surface area contributed by atoms with Gasteiger partial charge in [-0.25, -0.2) is 9.97 Å². The van der Waals surface area contributed by atoms with Crippen molar-refractivity contribution >= 4 is 11.4 Å². The van der Waals surface area contributed by atoms with E-state index in [-0.39, 0.29) is 5.91 Å². The lowest BCUT2D eigenvalue weighted by atomic mass is 10.3. The van der Waals surface area contributed by atoms with Crippen molar-refractivity contribution < 1.29 is 13.9 Å². The number of furan rings is 1. The van der Waals surface area contributed by atoms with Crippen molar-refractivity contribution in [3.8, 4) is 5.95 Å². The molecule has 0 saturated carbocycles. The number of hydrogen-bond acceptors (Lipinski definition) is 6. The minimum atomic E-state index is -0.262. The van der Waals surface area contributed by atoms with Crippen LogP contribution in [0.2, 0.25) is 0 Å². The summed E-state index contributed by atoms with van der Waals surface area (Å²) in [6.45, 7) is 6.22. The molecule has 5 rings (SSSR count). The van der Waals surface area contributed by atoms with Crippen LogP contribution >= 0.6 is 0 Å². The predicted molar refractivity (Wildman–Crippen MR) is 113 cm³/mol. The number of pyridine rings is 1. The Hall–Kier alpha value is -3.43. The fourth-order valence-corrected chi connectivity index (χ4v) is 3.74. The predicted octanol–water partition coefficient (Wildman–Crippen LogP) is 2.18. The zero-order chi connectivity index (χ0) is 21.2. The molecule has 0 radical (unpaired) electrons. The molecule has 1 saturated heterocycles. The Balaban J connectivity index is 1.37. The summed E-state index contributed by atoms with van der Waals surface area (Å²) in [4.78, 5) is 24.0. The van der Waals surface area contributed by atoms with E-state index in [1.54, 1.807) is 17.1 Å². The van der Waals surface area contributed by atoms with Gasteiger partial charge in [-0.2, -0.15) is 0 Å². The van der Waals surface area contributed by atoms with E-state index < -0.39 is 0 Å². The van der Waals surface area contributed by atoms with Gasteiger partial charge in [0.25, 0.3) is 5.91 Å². The van der Waals surface area contributed by atoms with Crippen LogP contribution in [0.4, 0.5) is 0 Å². The fourth-order valence-electron chi connectivity index (χ4n) is 3.74. The Morgan fingerprint density at radius 1 is 1.19 bits per heavy atom. The molecule has 0 aromatic carbocycles. The molecular weight excluding hydrogens is 396 g/mol. The summed E-state index contributed by atoms with van der Waals surface area (Å²) >= 11 is 0. The molecule has 1 aliphatic heterocycles. The van der Waals surface area contributed by atoms with Crippen molar-refractivity contribution in [2.24, 2.45) is 0 Å². The summed E-state index contributed by atoms with van der Waals surface area (Å²) in [5.74, 6) is 1.96. The molecule has 1 N–H and O–H groups in total. The number of ether oxygens (including phenoxy) is 1. The van der Waals surface area contributed by atoms with Gasteiger partial charge in [0.1, 0.15) is 23.5 Å². The van der Waals surface area contributed by atoms with Gasteiger partial charge >= 0.3 is 0 Å². The van der Waals surface area contributed by atoms with Crippen LogP contribution in [0.15, 0.2) is 53.5 Å². The Bertz CT molecular complexity index is 1200. The van der Waals surface area contributed by atoms with Crippen LogP contribution in [0, 0.1) is 6.92 Å². The van der Waals surface area contributed by atoms with Gasteiger partial charge in [0.2, 0.25) is 5.95 Å². The number of morpholine rings is 1. The molecule has 4 aromatic rings. The van der Waals surface area contributed by atoms with E-state index in [0.717, 1.165) is 49.8 Å². The molecule has 0 bridgehead atoms.